The summed E-state index contributed by atoms with van der Waals surface area (Å²) in [4.78, 5) is 11.4. The maximum atomic E-state index is 11.9. The van der Waals surface area contributed by atoms with Gasteiger partial charge in [-0.25, -0.2) is 13.2 Å². The lowest BCUT2D eigenvalue weighted by Crippen LogP contribution is -2.16. The smallest absolute Gasteiger partial charge is 0.355 e. The van der Waals surface area contributed by atoms with Gasteiger partial charge in [0.25, 0.3) is 0 Å². The maximum Gasteiger partial charge on any atom is 0.355 e. The van der Waals surface area contributed by atoms with Crippen molar-refractivity contribution < 1.29 is 12.8 Å². The molecule has 1 aromatic carbocycles. The third-order valence-electron chi connectivity index (χ3n) is 2.47. The van der Waals surface area contributed by atoms with Crippen LogP contribution in [0.5, 0.6) is 0 Å². The molecule has 0 bridgehead atoms. The predicted octanol–water partition coefficient (Wildman–Crippen LogP) is 2.63. The zero-order valence-electron chi connectivity index (χ0n) is 9.64. The van der Waals surface area contributed by atoms with E-state index in [4.69, 9.17) is 16.0 Å². The zero-order chi connectivity index (χ0) is 13.3. The Morgan fingerprint density at radius 3 is 2.67 bits per heavy atom. The number of fused-ring (bicyclic) bond motifs is 1. The molecule has 1 heterocycles. The Morgan fingerprint density at radius 2 is 2.00 bits per heavy atom. The highest BCUT2D eigenvalue weighted by molar-refractivity contribution is 7.91. The Bertz CT molecular complexity index is 746. The number of benzene rings is 1. The van der Waals surface area contributed by atoms with Crippen molar-refractivity contribution in [2.45, 2.75) is 18.2 Å². The van der Waals surface area contributed by atoms with Crippen LogP contribution in [0.25, 0.3) is 11.0 Å². The Morgan fingerprint density at radius 1 is 1.28 bits per heavy atom. The monoisotopic (exact) mass is 286 g/mol. The Labute approximate surface area is 109 Å². The topological polar surface area (TPSA) is 64.3 Å². The van der Waals surface area contributed by atoms with Gasteiger partial charge in [-0.3, -0.25) is 0 Å². The standard InChI is InChI=1S/C12H11ClO4S/c1-2-5-18(15,16)11-7-8-6-9(13)3-4-10(8)17-12(11)14/h3-4,6-7H,2,5H2,1H3. The summed E-state index contributed by atoms with van der Waals surface area (Å²) in [5.74, 6) is -0.0795. The van der Waals surface area contributed by atoms with Crippen LogP contribution in [0.1, 0.15) is 13.3 Å². The first-order valence-electron chi connectivity index (χ1n) is 5.40. The first kappa shape index (κ1) is 13.1. The van der Waals surface area contributed by atoms with E-state index < -0.39 is 15.5 Å². The Kier molecular flexibility index (Phi) is 3.45. The van der Waals surface area contributed by atoms with E-state index in [1.165, 1.54) is 12.1 Å². The molecule has 0 unspecified atom stereocenters. The van der Waals surface area contributed by atoms with Crippen LogP contribution in [0.3, 0.4) is 0 Å². The highest BCUT2D eigenvalue weighted by Gasteiger charge is 2.19. The molecule has 1 aromatic heterocycles. The normalized spacial score (nSPS) is 11.9. The van der Waals surface area contributed by atoms with Gasteiger partial charge < -0.3 is 4.42 Å². The highest BCUT2D eigenvalue weighted by atomic mass is 35.5. The molecule has 0 aliphatic heterocycles. The van der Waals surface area contributed by atoms with Gasteiger partial charge in [-0.15, -0.1) is 0 Å². The molecule has 0 atom stereocenters. The molecular formula is C12H11ClO4S. The second kappa shape index (κ2) is 4.74. The van der Waals surface area contributed by atoms with Crippen molar-refractivity contribution in [2.75, 3.05) is 5.75 Å². The largest absolute Gasteiger partial charge is 0.422 e. The van der Waals surface area contributed by atoms with E-state index in [-0.39, 0.29) is 10.6 Å². The van der Waals surface area contributed by atoms with Gasteiger partial charge in [0.05, 0.1) is 5.75 Å². The van der Waals surface area contributed by atoms with Gasteiger partial charge in [0, 0.05) is 10.4 Å². The molecule has 18 heavy (non-hydrogen) atoms. The van der Waals surface area contributed by atoms with Gasteiger partial charge in [0.1, 0.15) is 5.58 Å². The van der Waals surface area contributed by atoms with Gasteiger partial charge in [-0.2, -0.15) is 0 Å². The molecule has 0 aliphatic rings. The second-order valence-corrected chi connectivity index (χ2v) is 6.41. The van der Waals surface area contributed by atoms with E-state index in [1.54, 1.807) is 19.1 Å². The molecule has 0 fully saturated rings. The fraction of sp³-hybridized carbons (Fsp3) is 0.250. The summed E-state index contributed by atoms with van der Waals surface area (Å²) in [6, 6.07) is 5.99. The van der Waals surface area contributed by atoms with Crippen molar-refractivity contribution in [3.63, 3.8) is 0 Å². The molecule has 0 amide bonds. The molecule has 2 aromatic rings. The van der Waals surface area contributed by atoms with Crippen molar-refractivity contribution in [1.29, 1.82) is 0 Å². The van der Waals surface area contributed by atoms with Gasteiger partial charge in [0.15, 0.2) is 14.7 Å². The lowest BCUT2D eigenvalue weighted by molar-refractivity contribution is 0.532. The molecule has 4 nitrogen and oxygen atoms in total. The van der Waals surface area contributed by atoms with Crippen molar-refractivity contribution >= 4 is 32.4 Å². The van der Waals surface area contributed by atoms with Gasteiger partial charge in [-0.05, 0) is 30.7 Å². The zero-order valence-corrected chi connectivity index (χ0v) is 11.2. The molecule has 0 radical (unpaired) electrons. The SMILES string of the molecule is CCCS(=O)(=O)c1cc2cc(Cl)ccc2oc1=O. The molecule has 0 spiro atoms. The van der Waals surface area contributed by atoms with Crippen LogP contribution in [-0.2, 0) is 9.84 Å². The van der Waals surface area contributed by atoms with E-state index in [2.05, 4.69) is 0 Å². The molecule has 2 rings (SSSR count). The molecule has 96 valence electrons. The molecular weight excluding hydrogens is 276 g/mol. The van der Waals surface area contributed by atoms with Crippen molar-refractivity contribution in [2.24, 2.45) is 0 Å². The van der Waals surface area contributed by atoms with E-state index in [1.807, 2.05) is 0 Å². The average molecular weight is 287 g/mol. The van der Waals surface area contributed by atoms with Crippen LogP contribution >= 0.6 is 11.6 Å². The quantitative estimate of drug-likeness (QED) is 0.814. The highest BCUT2D eigenvalue weighted by Crippen LogP contribution is 2.20. The van der Waals surface area contributed by atoms with Gasteiger partial charge >= 0.3 is 5.63 Å². The molecule has 0 N–H and O–H groups in total. The third kappa shape index (κ3) is 2.42. The molecule has 0 saturated heterocycles. The lowest BCUT2D eigenvalue weighted by atomic mass is 10.2. The van der Waals surface area contributed by atoms with E-state index in [9.17, 15) is 13.2 Å². The maximum absolute atomic E-state index is 11.9. The van der Waals surface area contributed by atoms with Crippen LogP contribution in [0.2, 0.25) is 5.02 Å². The van der Waals surface area contributed by atoms with Crippen molar-refractivity contribution in [1.82, 2.24) is 0 Å². The summed E-state index contributed by atoms with van der Waals surface area (Å²) in [7, 11) is -3.59. The first-order valence-corrected chi connectivity index (χ1v) is 7.43. The summed E-state index contributed by atoms with van der Waals surface area (Å²) in [6.45, 7) is 1.73. The van der Waals surface area contributed by atoms with E-state index in [0.717, 1.165) is 0 Å². The lowest BCUT2D eigenvalue weighted by Gasteiger charge is -2.03. The minimum atomic E-state index is -3.59. The number of hydrogen-bond acceptors (Lipinski definition) is 4. The molecule has 0 saturated carbocycles. The third-order valence-corrected chi connectivity index (χ3v) is 4.61. The summed E-state index contributed by atoms with van der Waals surface area (Å²) >= 11 is 5.82. The minimum Gasteiger partial charge on any atom is -0.422 e. The number of sulfone groups is 1. The molecule has 6 heteroatoms. The summed E-state index contributed by atoms with van der Waals surface area (Å²) in [6.07, 6.45) is 0.440. The van der Waals surface area contributed by atoms with Crippen molar-refractivity contribution in [3.8, 4) is 0 Å². The van der Waals surface area contributed by atoms with Crippen LogP contribution in [-0.4, -0.2) is 14.2 Å². The Hall–Kier alpha value is -1.33. The predicted molar refractivity (Wildman–Crippen MR) is 69.8 cm³/mol. The van der Waals surface area contributed by atoms with Crippen LogP contribution < -0.4 is 5.63 Å². The average Bonchev–Trinajstić information content (AvgIpc) is 2.28. The van der Waals surface area contributed by atoms with Crippen LogP contribution in [0, 0.1) is 0 Å². The molecule has 0 aliphatic carbocycles. The summed E-state index contributed by atoms with van der Waals surface area (Å²) in [5, 5.41) is 0.951. The summed E-state index contributed by atoms with van der Waals surface area (Å²) < 4.78 is 28.8. The fourth-order valence-corrected chi connectivity index (χ4v) is 3.21. The number of hydrogen-bond donors (Lipinski definition) is 0. The summed E-state index contributed by atoms with van der Waals surface area (Å²) in [5.41, 5.74) is -0.516. The van der Waals surface area contributed by atoms with Crippen LogP contribution in [0.15, 0.2) is 38.4 Å². The van der Waals surface area contributed by atoms with Crippen LogP contribution in [0.4, 0.5) is 0 Å². The fourth-order valence-electron chi connectivity index (χ4n) is 1.67. The number of rotatable bonds is 3. The minimum absolute atomic E-state index is 0.0795. The number of halogens is 1. The van der Waals surface area contributed by atoms with Crippen molar-refractivity contribution in [3.05, 3.63) is 39.7 Å². The first-order chi connectivity index (χ1) is 8.44. The van der Waals surface area contributed by atoms with Gasteiger partial charge in [-0.1, -0.05) is 18.5 Å². The van der Waals surface area contributed by atoms with Gasteiger partial charge in [0.2, 0.25) is 0 Å². The van der Waals surface area contributed by atoms with E-state index >= 15 is 0 Å². The Balaban J connectivity index is 2.73. The second-order valence-electron chi connectivity index (χ2n) is 3.90. The van der Waals surface area contributed by atoms with E-state index in [0.29, 0.717) is 22.4 Å².